The SMILES string of the molecule is COc1ccc(C[n+]2ccc(I)c3ccc(Cl)cc32)cc1. The van der Waals surface area contributed by atoms with Gasteiger partial charge in [-0.3, -0.25) is 0 Å². The molecule has 1 heterocycles. The van der Waals surface area contributed by atoms with Crippen molar-refractivity contribution >= 4 is 45.1 Å². The van der Waals surface area contributed by atoms with Gasteiger partial charge < -0.3 is 4.74 Å². The maximum Gasteiger partial charge on any atom is 0.215 e. The molecule has 3 aromatic rings. The number of hydrogen-bond acceptors (Lipinski definition) is 1. The van der Waals surface area contributed by atoms with Gasteiger partial charge in [-0.05, 0) is 59.0 Å². The number of methoxy groups -OCH3 is 1. The Hall–Kier alpha value is -1.33. The fourth-order valence-corrected chi connectivity index (χ4v) is 3.12. The second kappa shape index (κ2) is 6.20. The normalized spacial score (nSPS) is 10.8. The minimum absolute atomic E-state index is 0.757. The Bertz CT molecular complexity index is 787. The lowest BCUT2D eigenvalue weighted by atomic mass is 10.2. The van der Waals surface area contributed by atoms with E-state index in [0.29, 0.717) is 0 Å². The topological polar surface area (TPSA) is 13.1 Å². The van der Waals surface area contributed by atoms with Crippen LogP contribution in [-0.4, -0.2) is 7.11 Å². The Balaban J connectivity index is 2.03. The zero-order valence-corrected chi connectivity index (χ0v) is 14.4. The molecule has 4 heteroatoms. The Kier molecular flexibility index (Phi) is 4.31. The first kappa shape index (κ1) is 14.6. The summed E-state index contributed by atoms with van der Waals surface area (Å²) in [6.45, 7) is 0.803. The van der Waals surface area contributed by atoms with Crippen molar-refractivity contribution in [2.75, 3.05) is 7.11 Å². The third kappa shape index (κ3) is 3.14. The van der Waals surface area contributed by atoms with Crippen LogP contribution in [0, 0.1) is 3.57 Å². The number of ether oxygens (including phenoxy) is 1. The lowest BCUT2D eigenvalue weighted by Gasteiger charge is -2.05. The Morgan fingerprint density at radius 2 is 1.86 bits per heavy atom. The number of rotatable bonds is 3. The summed E-state index contributed by atoms with van der Waals surface area (Å²) >= 11 is 8.51. The van der Waals surface area contributed by atoms with Crippen molar-refractivity contribution in [2.45, 2.75) is 6.54 Å². The van der Waals surface area contributed by atoms with Crippen LogP contribution in [0.15, 0.2) is 54.7 Å². The molecule has 0 amide bonds. The van der Waals surface area contributed by atoms with Gasteiger partial charge in [0.1, 0.15) is 5.75 Å². The van der Waals surface area contributed by atoms with E-state index in [-0.39, 0.29) is 0 Å². The maximum absolute atomic E-state index is 6.15. The molecule has 0 unspecified atom stereocenters. The molecule has 0 N–H and O–H groups in total. The van der Waals surface area contributed by atoms with Crippen molar-refractivity contribution in [1.29, 1.82) is 0 Å². The van der Waals surface area contributed by atoms with Crippen LogP contribution >= 0.6 is 34.2 Å². The third-order valence-electron chi connectivity index (χ3n) is 3.44. The molecule has 3 rings (SSSR count). The number of nitrogens with zero attached hydrogens (tertiary/aromatic N) is 1. The number of pyridine rings is 1. The quantitative estimate of drug-likeness (QED) is 0.459. The molecular weight excluding hydrogens is 397 g/mol. The van der Waals surface area contributed by atoms with Gasteiger partial charge in [0, 0.05) is 26.3 Å². The highest BCUT2D eigenvalue weighted by atomic mass is 127. The fraction of sp³-hybridized carbons (Fsp3) is 0.118. The second-order valence-electron chi connectivity index (χ2n) is 4.80. The van der Waals surface area contributed by atoms with E-state index >= 15 is 0 Å². The molecule has 0 saturated heterocycles. The van der Waals surface area contributed by atoms with Crippen molar-refractivity contribution in [3.63, 3.8) is 0 Å². The summed E-state index contributed by atoms with van der Waals surface area (Å²) in [4.78, 5) is 0. The number of fused-ring (bicyclic) bond motifs is 1. The molecule has 21 heavy (non-hydrogen) atoms. The predicted molar refractivity (Wildman–Crippen MR) is 94.0 cm³/mol. The van der Waals surface area contributed by atoms with Gasteiger partial charge in [0.05, 0.1) is 12.5 Å². The zero-order chi connectivity index (χ0) is 14.8. The summed E-state index contributed by atoms with van der Waals surface area (Å²) < 4.78 is 8.64. The van der Waals surface area contributed by atoms with Gasteiger partial charge in [0.2, 0.25) is 5.52 Å². The molecule has 2 aromatic carbocycles. The van der Waals surface area contributed by atoms with Gasteiger partial charge in [-0.25, -0.2) is 0 Å². The van der Waals surface area contributed by atoms with Crippen LogP contribution in [0.3, 0.4) is 0 Å². The zero-order valence-electron chi connectivity index (χ0n) is 11.5. The molecule has 0 aliphatic heterocycles. The molecule has 0 aliphatic carbocycles. The van der Waals surface area contributed by atoms with Gasteiger partial charge in [-0.15, -0.1) is 0 Å². The molecule has 0 aliphatic rings. The van der Waals surface area contributed by atoms with Crippen molar-refractivity contribution in [2.24, 2.45) is 0 Å². The molecule has 0 spiro atoms. The largest absolute Gasteiger partial charge is 0.497 e. The molecule has 2 nitrogen and oxygen atoms in total. The summed E-state index contributed by atoms with van der Waals surface area (Å²) in [7, 11) is 1.68. The van der Waals surface area contributed by atoms with E-state index < -0.39 is 0 Å². The van der Waals surface area contributed by atoms with Gasteiger partial charge in [-0.2, -0.15) is 4.57 Å². The minimum atomic E-state index is 0.757. The number of hydrogen-bond donors (Lipinski definition) is 0. The fourth-order valence-electron chi connectivity index (χ4n) is 2.34. The van der Waals surface area contributed by atoms with Crippen LogP contribution in [-0.2, 0) is 6.54 Å². The lowest BCUT2D eigenvalue weighted by molar-refractivity contribution is -0.662. The van der Waals surface area contributed by atoms with Crippen LogP contribution in [0.25, 0.3) is 10.9 Å². The predicted octanol–water partition coefficient (Wildman–Crippen LogP) is 4.44. The van der Waals surface area contributed by atoms with Crippen LogP contribution in [0.4, 0.5) is 0 Å². The summed E-state index contributed by atoms with van der Waals surface area (Å²) in [5.41, 5.74) is 2.37. The molecule has 0 bridgehead atoms. The molecule has 0 atom stereocenters. The Morgan fingerprint density at radius 3 is 2.57 bits per heavy atom. The highest BCUT2D eigenvalue weighted by Crippen LogP contribution is 2.21. The van der Waals surface area contributed by atoms with Crippen molar-refractivity contribution in [1.82, 2.24) is 0 Å². The van der Waals surface area contributed by atoms with Crippen LogP contribution in [0.1, 0.15) is 5.56 Å². The molecule has 106 valence electrons. The van der Waals surface area contributed by atoms with Crippen molar-refractivity contribution in [3.05, 3.63) is 68.9 Å². The average Bonchev–Trinajstić information content (AvgIpc) is 2.51. The van der Waals surface area contributed by atoms with Crippen molar-refractivity contribution < 1.29 is 9.30 Å². The van der Waals surface area contributed by atoms with E-state index in [4.69, 9.17) is 16.3 Å². The van der Waals surface area contributed by atoms with E-state index in [1.807, 2.05) is 24.3 Å². The van der Waals surface area contributed by atoms with E-state index in [1.54, 1.807) is 7.11 Å². The summed E-state index contributed by atoms with van der Waals surface area (Å²) in [6.07, 6.45) is 2.10. The second-order valence-corrected chi connectivity index (χ2v) is 6.40. The highest BCUT2D eigenvalue weighted by molar-refractivity contribution is 14.1. The third-order valence-corrected chi connectivity index (χ3v) is 4.62. The molecule has 0 radical (unpaired) electrons. The first-order valence-electron chi connectivity index (χ1n) is 6.57. The minimum Gasteiger partial charge on any atom is -0.497 e. The van der Waals surface area contributed by atoms with E-state index in [2.05, 4.69) is 57.6 Å². The molecule has 0 saturated carbocycles. The van der Waals surface area contributed by atoms with Gasteiger partial charge in [0.25, 0.3) is 0 Å². The summed E-state index contributed by atoms with van der Waals surface area (Å²) in [6, 6.07) is 16.3. The number of halogens is 2. The molecular formula is C17H14ClINO+. The first-order valence-corrected chi connectivity index (χ1v) is 8.03. The lowest BCUT2D eigenvalue weighted by Crippen LogP contribution is -2.34. The van der Waals surface area contributed by atoms with Gasteiger partial charge in [0.15, 0.2) is 12.7 Å². The van der Waals surface area contributed by atoms with Crippen LogP contribution in [0.2, 0.25) is 5.02 Å². The van der Waals surface area contributed by atoms with E-state index in [0.717, 1.165) is 22.8 Å². The van der Waals surface area contributed by atoms with Crippen molar-refractivity contribution in [3.8, 4) is 5.75 Å². The summed E-state index contributed by atoms with van der Waals surface area (Å²) in [5.74, 6) is 0.874. The Morgan fingerprint density at radius 1 is 1.10 bits per heavy atom. The van der Waals surface area contributed by atoms with Gasteiger partial charge >= 0.3 is 0 Å². The average molecular weight is 411 g/mol. The maximum atomic E-state index is 6.15. The number of aromatic nitrogens is 1. The standard InChI is InChI=1S/C17H14ClINO/c1-21-14-5-2-12(3-6-14)11-20-9-8-16(19)15-7-4-13(18)10-17(15)20/h2-10H,11H2,1H3/q+1. The smallest absolute Gasteiger partial charge is 0.215 e. The summed E-state index contributed by atoms with van der Waals surface area (Å²) in [5, 5.41) is 1.98. The van der Waals surface area contributed by atoms with Gasteiger partial charge in [-0.1, -0.05) is 11.6 Å². The van der Waals surface area contributed by atoms with Crippen LogP contribution < -0.4 is 9.30 Å². The highest BCUT2D eigenvalue weighted by Gasteiger charge is 2.12. The molecule has 0 fully saturated rings. The van der Waals surface area contributed by atoms with E-state index in [9.17, 15) is 0 Å². The first-order chi connectivity index (χ1) is 10.2. The molecule has 1 aromatic heterocycles. The Labute approximate surface area is 142 Å². The monoisotopic (exact) mass is 410 g/mol. The van der Waals surface area contributed by atoms with Crippen LogP contribution in [0.5, 0.6) is 5.75 Å². The van der Waals surface area contributed by atoms with E-state index in [1.165, 1.54) is 14.5 Å². The number of benzene rings is 2.